The molecule has 90 valence electrons. The minimum atomic E-state index is -0.0330. The molecular formula is C11H20N4O. The van der Waals surface area contributed by atoms with Gasteiger partial charge < -0.3 is 4.90 Å². The summed E-state index contributed by atoms with van der Waals surface area (Å²) in [6.45, 7) is 7.89. The Kier molecular flexibility index (Phi) is 4.95. The number of nitrogens with one attached hydrogen (secondary N) is 1. The maximum Gasteiger partial charge on any atom is 0.291 e. The average molecular weight is 224 g/mol. The van der Waals surface area contributed by atoms with E-state index in [9.17, 15) is 4.79 Å². The predicted molar refractivity (Wildman–Crippen MR) is 62.0 cm³/mol. The molecular weight excluding hydrogens is 204 g/mol. The van der Waals surface area contributed by atoms with Gasteiger partial charge in [0.05, 0.1) is 0 Å². The van der Waals surface area contributed by atoms with E-state index in [1.807, 2.05) is 18.7 Å². The zero-order valence-electron chi connectivity index (χ0n) is 10.2. The van der Waals surface area contributed by atoms with Crippen molar-refractivity contribution in [2.24, 2.45) is 5.92 Å². The molecule has 5 heteroatoms. The number of likely N-dealkylation sites (tertiary alicyclic amines) is 1. The first-order valence-electron chi connectivity index (χ1n) is 5.92. The van der Waals surface area contributed by atoms with Crippen molar-refractivity contribution in [3.05, 3.63) is 12.2 Å². The van der Waals surface area contributed by atoms with Gasteiger partial charge in [0, 0.05) is 13.1 Å². The van der Waals surface area contributed by atoms with Gasteiger partial charge in [-0.1, -0.05) is 20.8 Å². The van der Waals surface area contributed by atoms with Crippen molar-refractivity contribution < 1.29 is 4.79 Å². The third kappa shape index (κ3) is 3.05. The fourth-order valence-electron chi connectivity index (χ4n) is 1.67. The number of H-pyrrole nitrogens is 1. The molecule has 0 radical (unpaired) electrons. The highest BCUT2D eigenvalue weighted by Gasteiger charge is 2.22. The lowest BCUT2D eigenvalue weighted by Gasteiger charge is -2.29. The highest BCUT2D eigenvalue weighted by Crippen LogP contribution is 2.16. The number of hydrogen-bond acceptors (Lipinski definition) is 3. The zero-order chi connectivity index (χ0) is 12.0. The second kappa shape index (κ2) is 6.25. The van der Waals surface area contributed by atoms with Crippen LogP contribution >= 0.6 is 0 Å². The van der Waals surface area contributed by atoms with E-state index in [-0.39, 0.29) is 5.91 Å². The summed E-state index contributed by atoms with van der Waals surface area (Å²) in [5, 5.41) is 6.26. The van der Waals surface area contributed by atoms with Crippen LogP contribution < -0.4 is 0 Å². The van der Waals surface area contributed by atoms with Crippen LogP contribution in [0.1, 0.15) is 44.2 Å². The molecule has 0 aliphatic carbocycles. The first-order valence-corrected chi connectivity index (χ1v) is 5.92. The summed E-state index contributed by atoms with van der Waals surface area (Å²) < 4.78 is 0. The summed E-state index contributed by atoms with van der Waals surface area (Å²) in [4.78, 5) is 17.4. The topological polar surface area (TPSA) is 61.9 Å². The van der Waals surface area contributed by atoms with Crippen molar-refractivity contribution in [2.75, 3.05) is 13.1 Å². The van der Waals surface area contributed by atoms with Crippen LogP contribution in [0.2, 0.25) is 0 Å². The number of piperidine rings is 1. The average Bonchev–Trinajstić information content (AvgIpc) is 2.85. The monoisotopic (exact) mass is 224 g/mol. The fraction of sp³-hybridized carbons (Fsp3) is 0.727. The van der Waals surface area contributed by atoms with Crippen molar-refractivity contribution in [1.82, 2.24) is 20.1 Å². The third-order valence-electron chi connectivity index (χ3n) is 2.69. The van der Waals surface area contributed by atoms with Crippen molar-refractivity contribution >= 4 is 5.91 Å². The minimum Gasteiger partial charge on any atom is -0.336 e. The molecule has 1 amide bonds. The molecule has 2 heterocycles. The van der Waals surface area contributed by atoms with Gasteiger partial charge in [-0.25, -0.2) is 4.98 Å². The van der Waals surface area contributed by atoms with Crippen LogP contribution in [-0.4, -0.2) is 39.1 Å². The molecule has 0 unspecified atom stereocenters. The van der Waals surface area contributed by atoms with Crippen LogP contribution in [0.4, 0.5) is 0 Å². The lowest BCUT2D eigenvalue weighted by molar-refractivity contribution is 0.0685. The first-order chi connectivity index (χ1) is 7.77. The van der Waals surface area contributed by atoms with Gasteiger partial charge in [0.25, 0.3) is 5.91 Å². The Morgan fingerprint density at radius 2 is 2.06 bits per heavy atom. The molecule has 1 aliphatic heterocycles. The van der Waals surface area contributed by atoms with E-state index in [4.69, 9.17) is 0 Å². The number of carbonyl (C=O) groups excluding carboxylic acids is 1. The summed E-state index contributed by atoms with van der Waals surface area (Å²) in [6.07, 6.45) is 3.53. The largest absolute Gasteiger partial charge is 0.336 e. The lowest BCUT2D eigenvalue weighted by atomic mass is 9.99. The third-order valence-corrected chi connectivity index (χ3v) is 2.69. The zero-order valence-corrected chi connectivity index (χ0v) is 10.2. The number of amides is 1. The normalized spacial score (nSPS) is 16.6. The Morgan fingerprint density at radius 1 is 1.44 bits per heavy atom. The van der Waals surface area contributed by atoms with E-state index < -0.39 is 0 Å². The predicted octanol–water partition coefficient (Wildman–Crippen LogP) is 1.70. The number of aromatic nitrogens is 3. The maximum absolute atomic E-state index is 11.8. The number of hydrogen-bond donors (Lipinski definition) is 1. The fourth-order valence-corrected chi connectivity index (χ4v) is 1.67. The quantitative estimate of drug-likeness (QED) is 0.789. The number of aromatic amines is 1. The summed E-state index contributed by atoms with van der Waals surface area (Å²) in [6, 6.07) is 0. The molecule has 1 fully saturated rings. The van der Waals surface area contributed by atoms with Gasteiger partial charge >= 0.3 is 0 Å². The molecule has 0 atom stereocenters. The van der Waals surface area contributed by atoms with Gasteiger partial charge in [-0.2, -0.15) is 5.10 Å². The van der Waals surface area contributed by atoms with E-state index in [0.29, 0.717) is 5.82 Å². The number of carbonyl (C=O) groups is 1. The minimum absolute atomic E-state index is 0.0330. The molecule has 0 spiro atoms. The Labute approximate surface area is 96.3 Å². The molecule has 0 saturated carbocycles. The summed E-state index contributed by atoms with van der Waals surface area (Å²) in [7, 11) is 0. The number of rotatable bonds is 1. The van der Waals surface area contributed by atoms with Crippen LogP contribution in [0.5, 0.6) is 0 Å². The van der Waals surface area contributed by atoms with Crippen LogP contribution in [0.15, 0.2) is 6.33 Å². The Bertz CT molecular complexity index is 302. The Balaban J connectivity index is 0.000000606. The molecule has 1 aromatic rings. The van der Waals surface area contributed by atoms with Gasteiger partial charge in [0.1, 0.15) is 6.33 Å². The molecule has 0 aromatic carbocycles. The van der Waals surface area contributed by atoms with Crippen LogP contribution in [0.25, 0.3) is 0 Å². The van der Waals surface area contributed by atoms with Crippen molar-refractivity contribution in [3.63, 3.8) is 0 Å². The molecule has 16 heavy (non-hydrogen) atoms. The van der Waals surface area contributed by atoms with Crippen LogP contribution in [-0.2, 0) is 0 Å². The number of nitrogens with zero attached hydrogens (tertiary/aromatic N) is 3. The lowest BCUT2D eigenvalue weighted by Crippen LogP contribution is -2.38. The van der Waals surface area contributed by atoms with E-state index in [1.165, 1.54) is 6.33 Å². The molecule has 1 N–H and O–H groups in total. The highest BCUT2D eigenvalue weighted by molar-refractivity contribution is 5.90. The van der Waals surface area contributed by atoms with Crippen molar-refractivity contribution in [1.29, 1.82) is 0 Å². The Morgan fingerprint density at radius 3 is 2.56 bits per heavy atom. The second-order valence-corrected chi connectivity index (χ2v) is 3.81. The highest BCUT2D eigenvalue weighted by atomic mass is 16.2. The molecule has 1 aromatic heterocycles. The van der Waals surface area contributed by atoms with Crippen LogP contribution in [0.3, 0.4) is 0 Å². The van der Waals surface area contributed by atoms with Gasteiger partial charge in [-0.3, -0.25) is 9.89 Å². The van der Waals surface area contributed by atoms with Crippen molar-refractivity contribution in [3.8, 4) is 0 Å². The summed E-state index contributed by atoms with van der Waals surface area (Å²) in [5.41, 5.74) is 0. The van der Waals surface area contributed by atoms with E-state index in [0.717, 1.165) is 31.8 Å². The molecule has 2 rings (SSSR count). The van der Waals surface area contributed by atoms with Gasteiger partial charge in [-0.05, 0) is 18.8 Å². The molecule has 1 aliphatic rings. The van der Waals surface area contributed by atoms with Crippen molar-refractivity contribution in [2.45, 2.75) is 33.6 Å². The molecule has 5 nitrogen and oxygen atoms in total. The first kappa shape index (κ1) is 12.7. The molecule has 1 saturated heterocycles. The standard InChI is InChI=1S/C9H14N4O.C2H6/c1-7-2-4-13(5-3-7)9(14)8-10-6-11-12-8;1-2/h6-7H,2-5H2,1H3,(H,10,11,12);1-2H3. The summed E-state index contributed by atoms with van der Waals surface area (Å²) in [5.74, 6) is 1.04. The van der Waals surface area contributed by atoms with E-state index in [1.54, 1.807) is 0 Å². The van der Waals surface area contributed by atoms with Crippen LogP contribution in [0, 0.1) is 5.92 Å². The second-order valence-electron chi connectivity index (χ2n) is 3.81. The smallest absolute Gasteiger partial charge is 0.291 e. The Hall–Kier alpha value is -1.39. The SMILES string of the molecule is CC.CC1CCN(C(=O)c2ncn[nH]2)CC1. The molecule has 0 bridgehead atoms. The van der Waals surface area contributed by atoms with Gasteiger partial charge in [0.15, 0.2) is 0 Å². The van der Waals surface area contributed by atoms with Gasteiger partial charge in [-0.15, -0.1) is 0 Å². The van der Waals surface area contributed by atoms with E-state index >= 15 is 0 Å². The van der Waals surface area contributed by atoms with Gasteiger partial charge in [0.2, 0.25) is 5.82 Å². The van der Waals surface area contributed by atoms with E-state index in [2.05, 4.69) is 22.1 Å². The maximum atomic E-state index is 11.8. The summed E-state index contributed by atoms with van der Waals surface area (Å²) >= 11 is 0.